The van der Waals surface area contributed by atoms with Crippen molar-refractivity contribution in [3.05, 3.63) is 59.7 Å². The van der Waals surface area contributed by atoms with E-state index in [4.69, 9.17) is 11.5 Å². The fraction of sp³-hybridized carbons (Fsp3) is 0.125. The molecule has 0 heterocycles. The van der Waals surface area contributed by atoms with Gasteiger partial charge in [0.25, 0.3) is 0 Å². The van der Waals surface area contributed by atoms with Gasteiger partial charge in [0.15, 0.2) is 11.7 Å². The predicted octanol–water partition coefficient (Wildman–Crippen LogP) is 3.23. The van der Waals surface area contributed by atoms with Crippen LogP contribution in [0, 0.1) is 0 Å². The number of amides is 1. The highest BCUT2D eigenvalue weighted by atomic mass is 127. The van der Waals surface area contributed by atoms with Gasteiger partial charge in [-0.1, -0.05) is 24.3 Å². The number of benzene rings is 2. The molecule has 2 rings (SSSR count). The molecule has 2 aromatic carbocycles. The van der Waals surface area contributed by atoms with Crippen molar-refractivity contribution in [2.75, 3.05) is 5.32 Å². The van der Waals surface area contributed by atoms with Crippen LogP contribution in [0.25, 0.3) is 0 Å². The minimum absolute atomic E-state index is 0. The molecule has 0 radical (unpaired) electrons. The SMILES string of the molecule is I.NC(=O)c1ccc(CN=C(N)Nc2ccccc2OC(F)(F)F)cc1. The summed E-state index contributed by atoms with van der Waals surface area (Å²) in [5.41, 5.74) is 12.0. The molecule has 0 atom stereocenters. The number of aliphatic imine (C=N–C) groups is 1. The molecular weight excluding hydrogens is 464 g/mol. The van der Waals surface area contributed by atoms with Crippen LogP contribution in [-0.2, 0) is 6.54 Å². The number of para-hydroxylation sites is 2. The molecule has 0 spiro atoms. The average Bonchev–Trinajstić information content (AvgIpc) is 2.54. The highest BCUT2D eigenvalue weighted by Crippen LogP contribution is 2.29. The Morgan fingerprint density at radius 3 is 2.27 bits per heavy atom. The molecular formula is C16H16F3IN4O2. The van der Waals surface area contributed by atoms with Crippen LogP contribution in [0.3, 0.4) is 0 Å². The number of rotatable bonds is 5. The number of carbonyl (C=O) groups is 1. The van der Waals surface area contributed by atoms with Gasteiger partial charge in [-0.15, -0.1) is 37.1 Å². The fourth-order valence-electron chi connectivity index (χ4n) is 1.91. The van der Waals surface area contributed by atoms with Gasteiger partial charge in [0.1, 0.15) is 0 Å². The Bertz CT molecular complexity index is 780. The predicted molar refractivity (Wildman–Crippen MR) is 102 cm³/mol. The number of primary amides is 1. The molecule has 140 valence electrons. The quantitative estimate of drug-likeness (QED) is 0.348. The van der Waals surface area contributed by atoms with E-state index >= 15 is 0 Å². The van der Waals surface area contributed by atoms with Gasteiger partial charge in [0.05, 0.1) is 12.2 Å². The summed E-state index contributed by atoms with van der Waals surface area (Å²) >= 11 is 0. The first-order valence-electron chi connectivity index (χ1n) is 7.05. The maximum absolute atomic E-state index is 12.4. The van der Waals surface area contributed by atoms with Gasteiger partial charge in [-0.3, -0.25) is 4.79 Å². The first-order valence-corrected chi connectivity index (χ1v) is 7.05. The second-order valence-electron chi connectivity index (χ2n) is 4.93. The zero-order valence-corrected chi connectivity index (χ0v) is 15.6. The first kappa shape index (κ1) is 21.5. The van der Waals surface area contributed by atoms with Crippen molar-refractivity contribution in [1.82, 2.24) is 0 Å². The molecule has 0 unspecified atom stereocenters. The Morgan fingerprint density at radius 1 is 1.08 bits per heavy atom. The van der Waals surface area contributed by atoms with Crippen molar-refractivity contribution >= 4 is 41.5 Å². The molecule has 0 aliphatic heterocycles. The number of nitrogens with two attached hydrogens (primary N) is 2. The average molecular weight is 480 g/mol. The highest BCUT2D eigenvalue weighted by Gasteiger charge is 2.32. The van der Waals surface area contributed by atoms with E-state index in [0.717, 1.165) is 11.6 Å². The number of nitrogens with one attached hydrogen (secondary N) is 1. The first-order chi connectivity index (χ1) is 11.7. The van der Waals surface area contributed by atoms with Crippen molar-refractivity contribution in [2.45, 2.75) is 12.9 Å². The Kier molecular flexibility index (Phi) is 7.68. The van der Waals surface area contributed by atoms with E-state index in [-0.39, 0.29) is 42.2 Å². The minimum atomic E-state index is -4.81. The highest BCUT2D eigenvalue weighted by molar-refractivity contribution is 14.0. The van der Waals surface area contributed by atoms with Gasteiger partial charge >= 0.3 is 6.36 Å². The fourth-order valence-corrected chi connectivity index (χ4v) is 1.91. The summed E-state index contributed by atoms with van der Waals surface area (Å²) in [5, 5.41) is 2.56. The van der Waals surface area contributed by atoms with Crippen LogP contribution in [0.2, 0.25) is 0 Å². The third-order valence-corrected chi connectivity index (χ3v) is 3.05. The summed E-state index contributed by atoms with van der Waals surface area (Å²) in [6.07, 6.45) is -4.81. The van der Waals surface area contributed by atoms with E-state index in [1.807, 2.05) is 0 Å². The summed E-state index contributed by atoms with van der Waals surface area (Å²) in [5.74, 6) is -1.05. The van der Waals surface area contributed by atoms with Gasteiger partial charge in [0.2, 0.25) is 5.91 Å². The van der Waals surface area contributed by atoms with Crippen LogP contribution in [0.4, 0.5) is 18.9 Å². The van der Waals surface area contributed by atoms with Crippen molar-refractivity contribution in [3.63, 3.8) is 0 Å². The van der Waals surface area contributed by atoms with E-state index in [1.54, 1.807) is 24.3 Å². The Labute approximate surface area is 164 Å². The Balaban J connectivity index is 0.00000338. The number of alkyl halides is 3. The number of ether oxygens (including phenoxy) is 1. The summed E-state index contributed by atoms with van der Waals surface area (Å²) in [6, 6.07) is 11.9. The van der Waals surface area contributed by atoms with Crippen LogP contribution in [0.5, 0.6) is 5.75 Å². The van der Waals surface area contributed by atoms with Gasteiger partial charge in [-0.25, -0.2) is 4.99 Å². The number of hydrogen-bond acceptors (Lipinski definition) is 3. The Hall–Kier alpha value is -2.50. The topological polar surface area (TPSA) is 103 Å². The van der Waals surface area contributed by atoms with Crippen molar-refractivity contribution < 1.29 is 22.7 Å². The minimum Gasteiger partial charge on any atom is -0.404 e. The smallest absolute Gasteiger partial charge is 0.404 e. The van der Waals surface area contributed by atoms with Gasteiger partial charge in [-0.05, 0) is 29.8 Å². The number of halogens is 4. The summed E-state index contributed by atoms with van der Waals surface area (Å²) in [6.45, 7) is 0.167. The summed E-state index contributed by atoms with van der Waals surface area (Å²) in [4.78, 5) is 15.0. The number of hydrogen-bond donors (Lipinski definition) is 3. The van der Waals surface area contributed by atoms with Crippen LogP contribution >= 0.6 is 24.0 Å². The van der Waals surface area contributed by atoms with E-state index in [0.29, 0.717) is 5.56 Å². The molecule has 6 nitrogen and oxygen atoms in total. The maximum Gasteiger partial charge on any atom is 0.573 e. The summed E-state index contributed by atoms with van der Waals surface area (Å²) in [7, 11) is 0. The summed E-state index contributed by atoms with van der Waals surface area (Å²) < 4.78 is 41.0. The zero-order valence-electron chi connectivity index (χ0n) is 13.3. The molecule has 0 saturated carbocycles. The molecule has 0 aromatic heterocycles. The van der Waals surface area contributed by atoms with Crippen LogP contribution in [0.15, 0.2) is 53.5 Å². The standard InChI is InChI=1S/C16H15F3N4O2.HI/c17-16(18,19)25-13-4-2-1-3-12(13)23-15(21)22-9-10-5-7-11(8-6-10)14(20)24;/h1-8H,9H2,(H2,20,24)(H3,21,22,23);1H. The third kappa shape index (κ3) is 6.78. The van der Waals surface area contributed by atoms with E-state index in [2.05, 4.69) is 15.0 Å². The second-order valence-corrected chi connectivity index (χ2v) is 4.93. The maximum atomic E-state index is 12.4. The molecule has 0 fully saturated rings. The molecule has 0 bridgehead atoms. The lowest BCUT2D eigenvalue weighted by Gasteiger charge is -2.14. The number of carbonyl (C=O) groups excluding carboxylic acids is 1. The molecule has 2 aromatic rings. The normalized spacial score (nSPS) is 11.4. The lowest BCUT2D eigenvalue weighted by atomic mass is 10.1. The van der Waals surface area contributed by atoms with Crippen LogP contribution in [0.1, 0.15) is 15.9 Å². The molecule has 26 heavy (non-hydrogen) atoms. The number of nitrogens with zero attached hydrogens (tertiary/aromatic N) is 1. The number of guanidine groups is 1. The van der Waals surface area contributed by atoms with Crippen LogP contribution < -0.4 is 21.5 Å². The monoisotopic (exact) mass is 480 g/mol. The van der Waals surface area contributed by atoms with E-state index < -0.39 is 18.0 Å². The Morgan fingerprint density at radius 2 is 1.69 bits per heavy atom. The molecule has 1 amide bonds. The molecule has 10 heteroatoms. The van der Waals surface area contributed by atoms with Crippen molar-refractivity contribution in [1.29, 1.82) is 0 Å². The van der Waals surface area contributed by atoms with Crippen LogP contribution in [-0.4, -0.2) is 18.2 Å². The lowest BCUT2D eigenvalue weighted by molar-refractivity contribution is -0.274. The zero-order chi connectivity index (χ0) is 18.4. The third-order valence-electron chi connectivity index (χ3n) is 3.05. The van der Waals surface area contributed by atoms with Gasteiger partial charge in [-0.2, -0.15) is 0 Å². The van der Waals surface area contributed by atoms with Gasteiger partial charge in [0, 0.05) is 5.56 Å². The molecule has 0 aliphatic rings. The van der Waals surface area contributed by atoms with Crippen molar-refractivity contribution in [2.24, 2.45) is 16.5 Å². The molecule has 5 N–H and O–H groups in total. The van der Waals surface area contributed by atoms with E-state index in [1.165, 1.54) is 18.2 Å². The van der Waals surface area contributed by atoms with Crippen molar-refractivity contribution in [3.8, 4) is 5.75 Å². The molecule has 0 aliphatic carbocycles. The van der Waals surface area contributed by atoms with E-state index in [9.17, 15) is 18.0 Å². The van der Waals surface area contributed by atoms with Gasteiger partial charge < -0.3 is 21.5 Å². The second kappa shape index (κ2) is 9.27. The largest absolute Gasteiger partial charge is 0.573 e. The molecule has 0 saturated heterocycles. The lowest BCUT2D eigenvalue weighted by Crippen LogP contribution is -2.24. The number of anilines is 1.